The molecule has 0 fully saturated rings. The molecule has 0 aliphatic heterocycles. The fourth-order valence-electron chi connectivity index (χ4n) is 2.93. The molecule has 0 saturated heterocycles. The zero-order valence-electron chi connectivity index (χ0n) is 15.3. The maximum Gasteiger partial charge on any atom is 0.255 e. The summed E-state index contributed by atoms with van der Waals surface area (Å²) in [5.41, 5.74) is 3.41. The fourth-order valence-corrected chi connectivity index (χ4v) is 3.13. The molecule has 2 heterocycles. The first-order valence-corrected chi connectivity index (χ1v) is 9.20. The predicted molar refractivity (Wildman–Crippen MR) is 107 cm³/mol. The summed E-state index contributed by atoms with van der Waals surface area (Å²) in [5.74, 6) is 1.20. The number of H-pyrrole nitrogens is 1. The molecule has 28 heavy (non-hydrogen) atoms. The second kappa shape index (κ2) is 7.40. The molecule has 0 aliphatic carbocycles. The van der Waals surface area contributed by atoms with Crippen LogP contribution < -0.4 is 5.32 Å². The molecule has 2 N–H and O–H groups in total. The van der Waals surface area contributed by atoms with Gasteiger partial charge in [0.15, 0.2) is 0 Å². The molecule has 0 spiro atoms. The lowest BCUT2D eigenvalue weighted by atomic mass is 10.1. The Morgan fingerprint density at radius 3 is 2.86 bits per heavy atom. The van der Waals surface area contributed by atoms with Crippen molar-refractivity contribution in [1.29, 1.82) is 0 Å². The Kier molecular flexibility index (Phi) is 4.79. The number of hydrogen-bond acceptors (Lipinski definition) is 5. The van der Waals surface area contributed by atoms with Gasteiger partial charge >= 0.3 is 0 Å². The molecule has 0 atom stereocenters. The normalized spacial score (nSPS) is 11.3. The van der Waals surface area contributed by atoms with Crippen LogP contribution in [-0.2, 0) is 6.42 Å². The van der Waals surface area contributed by atoms with Crippen molar-refractivity contribution >= 4 is 34.2 Å². The molecular formula is C19H18ClN7O. The third-order valence-corrected chi connectivity index (χ3v) is 4.51. The van der Waals surface area contributed by atoms with Crippen LogP contribution in [0.25, 0.3) is 16.7 Å². The smallest absolute Gasteiger partial charge is 0.255 e. The van der Waals surface area contributed by atoms with Gasteiger partial charge in [-0.2, -0.15) is 4.68 Å². The van der Waals surface area contributed by atoms with Gasteiger partial charge in [0, 0.05) is 17.7 Å². The Morgan fingerprint density at radius 1 is 1.25 bits per heavy atom. The van der Waals surface area contributed by atoms with E-state index in [4.69, 9.17) is 11.6 Å². The van der Waals surface area contributed by atoms with E-state index in [0.717, 1.165) is 23.3 Å². The summed E-state index contributed by atoms with van der Waals surface area (Å²) in [4.78, 5) is 20.6. The molecule has 142 valence electrons. The zero-order chi connectivity index (χ0) is 19.7. The molecule has 0 radical (unpaired) electrons. The van der Waals surface area contributed by atoms with Crippen LogP contribution in [0.15, 0.2) is 42.7 Å². The van der Waals surface area contributed by atoms with Crippen LogP contribution in [0.2, 0.25) is 5.02 Å². The van der Waals surface area contributed by atoms with Gasteiger partial charge in [-0.05, 0) is 52.7 Å². The minimum atomic E-state index is -0.257. The summed E-state index contributed by atoms with van der Waals surface area (Å²) in [6, 6.07) is 10.5. The first-order valence-electron chi connectivity index (χ1n) is 8.82. The van der Waals surface area contributed by atoms with E-state index in [1.807, 2.05) is 18.2 Å². The van der Waals surface area contributed by atoms with Crippen molar-refractivity contribution in [3.8, 4) is 5.69 Å². The van der Waals surface area contributed by atoms with Gasteiger partial charge in [-0.3, -0.25) is 4.79 Å². The predicted octanol–water partition coefficient (Wildman–Crippen LogP) is 3.64. The average molecular weight is 396 g/mol. The van der Waals surface area contributed by atoms with Gasteiger partial charge < -0.3 is 10.3 Å². The second-order valence-electron chi connectivity index (χ2n) is 6.89. The number of tetrazole rings is 1. The molecule has 8 nitrogen and oxygen atoms in total. The highest BCUT2D eigenvalue weighted by Gasteiger charge is 2.12. The number of amides is 1. The lowest BCUT2D eigenvalue weighted by molar-refractivity contribution is 0.102. The monoisotopic (exact) mass is 395 g/mol. The van der Waals surface area contributed by atoms with E-state index in [1.54, 1.807) is 18.2 Å². The van der Waals surface area contributed by atoms with E-state index in [9.17, 15) is 4.79 Å². The summed E-state index contributed by atoms with van der Waals surface area (Å²) < 4.78 is 1.41. The molecule has 2 aromatic heterocycles. The van der Waals surface area contributed by atoms with E-state index < -0.39 is 0 Å². The van der Waals surface area contributed by atoms with E-state index in [1.165, 1.54) is 11.0 Å². The first kappa shape index (κ1) is 18.1. The lowest BCUT2D eigenvalue weighted by Gasteiger charge is -2.08. The Labute approximate surface area is 165 Å². The minimum absolute atomic E-state index is 0.257. The van der Waals surface area contributed by atoms with Crippen LogP contribution >= 0.6 is 11.6 Å². The molecule has 9 heteroatoms. The fraction of sp³-hybridized carbons (Fsp3) is 0.211. The molecule has 0 aliphatic rings. The van der Waals surface area contributed by atoms with Crippen molar-refractivity contribution in [3.05, 3.63) is 59.1 Å². The number of rotatable bonds is 5. The van der Waals surface area contributed by atoms with Gasteiger partial charge in [0.2, 0.25) is 0 Å². The number of aromatic amines is 1. The zero-order valence-corrected chi connectivity index (χ0v) is 16.1. The number of carbonyl (C=O) groups excluding carboxylic acids is 1. The molecule has 4 aromatic rings. The van der Waals surface area contributed by atoms with Crippen LogP contribution in [-0.4, -0.2) is 36.1 Å². The number of imidazole rings is 1. The first-order chi connectivity index (χ1) is 13.5. The number of halogens is 1. The largest absolute Gasteiger partial charge is 0.342 e. The van der Waals surface area contributed by atoms with Crippen molar-refractivity contribution in [2.75, 3.05) is 5.32 Å². The Bertz CT molecular complexity index is 1130. The topological polar surface area (TPSA) is 101 Å². The van der Waals surface area contributed by atoms with Crippen LogP contribution in [0.5, 0.6) is 0 Å². The SMILES string of the molecule is CC(C)Cc1nc2ccc(NC(=O)c3ccc(Cl)c(-n4cnnn4)c3)cc2[nH]1. The molecule has 0 unspecified atom stereocenters. The number of nitrogens with one attached hydrogen (secondary N) is 2. The van der Waals surface area contributed by atoms with Gasteiger partial charge in [0.05, 0.1) is 21.7 Å². The van der Waals surface area contributed by atoms with Gasteiger partial charge in [0.25, 0.3) is 5.91 Å². The summed E-state index contributed by atoms with van der Waals surface area (Å²) >= 11 is 6.20. The number of anilines is 1. The van der Waals surface area contributed by atoms with Crippen molar-refractivity contribution in [1.82, 2.24) is 30.2 Å². The number of benzene rings is 2. The highest BCUT2D eigenvalue weighted by atomic mass is 35.5. The van der Waals surface area contributed by atoms with Crippen LogP contribution in [0.1, 0.15) is 30.0 Å². The maximum absolute atomic E-state index is 12.7. The van der Waals surface area contributed by atoms with E-state index >= 15 is 0 Å². The Hall–Kier alpha value is -3.26. The second-order valence-corrected chi connectivity index (χ2v) is 7.30. The van der Waals surface area contributed by atoms with Crippen LogP contribution in [0, 0.1) is 5.92 Å². The van der Waals surface area contributed by atoms with Crippen LogP contribution in [0.4, 0.5) is 5.69 Å². The Morgan fingerprint density at radius 2 is 2.11 bits per heavy atom. The van der Waals surface area contributed by atoms with Crippen molar-refractivity contribution < 1.29 is 4.79 Å². The molecule has 1 amide bonds. The quantitative estimate of drug-likeness (QED) is 0.537. The summed E-state index contributed by atoms with van der Waals surface area (Å²) in [7, 11) is 0. The summed E-state index contributed by atoms with van der Waals surface area (Å²) in [5, 5.41) is 14.4. The van der Waals surface area contributed by atoms with E-state index in [-0.39, 0.29) is 5.91 Å². The molecule has 4 rings (SSSR count). The van der Waals surface area contributed by atoms with Gasteiger partial charge in [0.1, 0.15) is 12.2 Å². The van der Waals surface area contributed by atoms with Gasteiger partial charge in [-0.25, -0.2) is 4.98 Å². The average Bonchev–Trinajstić information content (AvgIpc) is 3.30. The molecule has 0 saturated carbocycles. The number of fused-ring (bicyclic) bond motifs is 1. The molecule has 2 aromatic carbocycles. The standard InChI is InChI=1S/C19H18ClN7O/c1-11(2)7-18-23-15-6-4-13(9-16(15)24-18)22-19(28)12-3-5-14(20)17(8-12)27-10-21-25-26-27/h3-6,8-11H,7H2,1-2H3,(H,22,28)(H,23,24). The third-order valence-electron chi connectivity index (χ3n) is 4.19. The Balaban J connectivity index is 1.57. The summed E-state index contributed by atoms with van der Waals surface area (Å²) in [6.45, 7) is 4.29. The van der Waals surface area contributed by atoms with E-state index in [2.05, 4.69) is 44.7 Å². The van der Waals surface area contributed by atoms with E-state index in [0.29, 0.717) is 27.9 Å². The number of carbonyl (C=O) groups is 1. The minimum Gasteiger partial charge on any atom is -0.342 e. The third kappa shape index (κ3) is 3.72. The van der Waals surface area contributed by atoms with Crippen molar-refractivity contribution in [2.24, 2.45) is 5.92 Å². The molecule has 0 bridgehead atoms. The maximum atomic E-state index is 12.7. The van der Waals surface area contributed by atoms with Crippen LogP contribution in [0.3, 0.4) is 0 Å². The highest BCUT2D eigenvalue weighted by molar-refractivity contribution is 6.32. The number of hydrogen-bond donors (Lipinski definition) is 2. The van der Waals surface area contributed by atoms with Gasteiger partial charge in [-0.1, -0.05) is 25.4 Å². The number of nitrogens with zero attached hydrogens (tertiary/aromatic N) is 5. The lowest BCUT2D eigenvalue weighted by Crippen LogP contribution is -2.12. The van der Waals surface area contributed by atoms with Crippen molar-refractivity contribution in [2.45, 2.75) is 20.3 Å². The van der Waals surface area contributed by atoms with Gasteiger partial charge in [-0.15, -0.1) is 5.10 Å². The molecular weight excluding hydrogens is 378 g/mol. The number of aromatic nitrogens is 6. The highest BCUT2D eigenvalue weighted by Crippen LogP contribution is 2.23. The summed E-state index contributed by atoms with van der Waals surface area (Å²) in [6.07, 6.45) is 2.30. The van der Waals surface area contributed by atoms with Crippen molar-refractivity contribution in [3.63, 3.8) is 0 Å².